The molecule has 0 aliphatic heterocycles. The average molecular weight is 647 g/mol. The molecule has 1 atom stereocenters. The topological polar surface area (TPSA) is 93.8 Å². The van der Waals surface area contributed by atoms with E-state index in [-0.39, 0.29) is 23.6 Å². The molecule has 0 saturated heterocycles. The number of para-hydroxylation sites is 1. The molecule has 1 aromatic heterocycles. The van der Waals surface area contributed by atoms with Crippen LogP contribution in [0.5, 0.6) is 5.75 Å². The number of thiophene rings is 1. The third kappa shape index (κ3) is 6.97. The van der Waals surface area contributed by atoms with Crippen LogP contribution in [0.2, 0.25) is 0 Å². The van der Waals surface area contributed by atoms with Gasteiger partial charge in [-0.05, 0) is 84.2 Å². The van der Waals surface area contributed by atoms with E-state index in [1.165, 1.54) is 17.0 Å². The first-order valence-electron chi connectivity index (χ1n) is 13.8. The Bertz CT molecular complexity index is 1630. The number of halogens is 1. The van der Waals surface area contributed by atoms with E-state index in [1.807, 2.05) is 48.5 Å². The number of hydrogen-bond donors (Lipinski definition) is 1. The Hall–Kier alpha value is -3.82. The van der Waals surface area contributed by atoms with E-state index >= 15 is 0 Å². The zero-order chi connectivity index (χ0) is 29.9. The Kier molecular flexibility index (Phi) is 8.89. The fraction of sp³-hybridized carbons (Fsp3) is 0.273. The van der Waals surface area contributed by atoms with E-state index in [9.17, 15) is 14.9 Å². The van der Waals surface area contributed by atoms with Crippen LogP contribution in [0.1, 0.15) is 59.1 Å². The summed E-state index contributed by atoms with van der Waals surface area (Å²) in [4.78, 5) is 30.3. The van der Waals surface area contributed by atoms with Crippen molar-refractivity contribution in [2.45, 2.75) is 46.6 Å². The molecule has 1 amide bonds. The van der Waals surface area contributed by atoms with Crippen LogP contribution in [-0.2, 0) is 19.4 Å². The summed E-state index contributed by atoms with van der Waals surface area (Å²) in [6.45, 7) is 7.09. The first-order valence-corrected chi connectivity index (χ1v) is 15.4. The summed E-state index contributed by atoms with van der Waals surface area (Å²) in [5.74, 6) is 1.00. The molecule has 4 aromatic rings. The maximum absolute atomic E-state index is 13.7. The molecule has 1 heterocycles. The van der Waals surface area contributed by atoms with Crippen molar-refractivity contribution >= 4 is 55.8 Å². The smallest absolute Gasteiger partial charge is 0.269 e. The lowest BCUT2D eigenvalue weighted by Crippen LogP contribution is -2.27. The van der Waals surface area contributed by atoms with Gasteiger partial charge in [0.1, 0.15) is 17.4 Å². The third-order valence-corrected chi connectivity index (χ3v) is 9.22. The molecule has 0 radical (unpaired) electrons. The van der Waals surface area contributed by atoms with Crippen LogP contribution in [0.3, 0.4) is 0 Å². The summed E-state index contributed by atoms with van der Waals surface area (Å²) < 4.78 is 6.97. The molecule has 1 aliphatic carbocycles. The van der Waals surface area contributed by atoms with Crippen LogP contribution in [0.25, 0.3) is 0 Å². The number of nitrogens with zero attached hydrogens (tertiary/aromatic N) is 2. The predicted molar refractivity (Wildman–Crippen MR) is 173 cm³/mol. The molecule has 0 spiro atoms. The number of non-ortho nitro benzene ring substituents is 1. The van der Waals surface area contributed by atoms with E-state index in [2.05, 4.69) is 42.0 Å². The normalized spacial score (nSPS) is 14.9. The molecule has 216 valence electrons. The minimum absolute atomic E-state index is 0.0368. The minimum Gasteiger partial charge on any atom is -0.488 e. The van der Waals surface area contributed by atoms with Crippen LogP contribution in [-0.4, -0.2) is 17.0 Å². The number of nitro groups is 1. The van der Waals surface area contributed by atoms with Crippen LogP contribution >= 0.6 is 27.3 Å². The van der Waals surface area contributed by atoms with Crippen LogP contribution < -0.4 is 10.1 Å². The number of amides is 1. The number of rotatable bonds is 8. The zero-order valence-electron chi connectivity index (χ0n) is 23.7. The highest BCUT2D eigenvalue weighted by molar-refractivity contribution is 9.10. The molecule has 9 heteroatoms. The summed E-state index contributed by atoms with van der Waals surface area (Å²) in [6, 6.07) is 21.4. The number of fused-ring (bicyclic) bond motifs is 1. The van der Waals surface area contributed by atoms with Crippen molar-refractivity contribution < 1.29 is 14.5 Å². The lowest BCUT2D eigenvalue weighted by atomic mass is 9.72. The molecule has 0 unspecified atom stereocenters. The van der Waals surface area contributed by atoms with Crippen molar-refractivity contribution in [3.8, 4) is 5.75 Å². The summed E-state index contributed by atoms with van der Waals surface area (Å²) >= 11 is 5.14. The molecule has 3 aromatic carbocycles. The molecular formula is C33H32BrN3O4S. The Balaban J connectivity index is 1.44. The van der Waals surface area contributed by atoms with Gasteiger partial charge in [-0.1, -0.05) is 54.9 Å². The lowest BCUT2D eigenvalue weighted by molar-refractivity contribution is -0.384. The highest BCUT2D eigenvalue weighted by Gasteiger charge is 2.33. The van der Waals surface area contributed by atoms with E-state index < -0.39 is 4.92 Å². The number of nitrogens with one attached hydrogen (secondary N) is 1. The van der Waals surface area contributed by atoms with Gasteiger partial charge in [0.2, 0.25) is 0 Å². The SMILES string of the molecule is CC(C)(C)[C@@H]1CCc2c(sc(N=Cc3cc(Br)ccc3OCc3ccc([N+](=O)[O-])cc3)c2C(=O)Nc2ccccc2)C1. The van der Waals surface area contributed by atoms with Gasteiger partial charge >= 0.3 is 0 Å². The molecule has 0 saturated carbocycles. The summed E-state index contributed by atoms with van der Waals surface area (Å²) in [5.41, 5.74) is 4.27. The first-order chi connectivity index (χ1) is 20.1. The Morgan fingerprint density at radius 1 is 1.14 bits per heavy atom. The average Bonchev–Trinajstić information content (AvgIpc) is 3.33. The number of aliphatic imine (C=N–C) groups is 1. The fourth-order valence-electron chi connectivity index (χ4n) is 5.11. The van der Waals surface area contributed by atoms with Gasteiger partial charge in [0.05, 0.1) is 10.5 Å². The van der Waals surface area contributed by atoms with Crippen molar-refractivity contribution in [1.82, 2.24) is 0 Å². The number of anilines is 1. The van der Waals surface area contributed by atoms with Gasteiger partial charge < -0.3 is 10.1 Å². The molecule has 42 heavy (non-hydrogen) atoms. The van der Waals surface area contributed by atoms with Gasteiger partial charge in [-0.2, -0.15) is 0 Å². The van der Waals surface area contributed by atoms with Gasteiger partial charge in [0.15, 0.2) is 0 Å². The van der Waals surface area contributed by atoms with Gasteiger partial charge in [-0.15, -0.1) is 11.3 Å². The number of ether oxygens (including phenoxy) is 1. The summed E-state index contributed by atoms with van der Waals surface area (Å²) in [6.07, 6.45) is 4.56. The van der Waals surface area contributed by atoms with E-state index in [0.29, 0.717) is 22.2 Å². The molecule has 5 rings (SSSR count). The maximum atomic E-state index is 13.7. The molecule has 1 N–H and O–H groups in total. The Morgan fingerprint density at radius 3 is 2.57 bits per heavy atom. The maximum Gasteiger partial charge on any atom is 0.269 e. The van der Waals surface area contributed by atoms with Crippen molar-refractivity contribution in [2.24, 2.45) is 16.3 Å². The molecular weight excluding hydrogens is 614 g/mol. The summed E-state index contributed by atoms with van der Waals surface area (Å²) in [5, 5.41) is 14.7. The fourth-order valence-corrected chi connectivity index (χ4v) is 6.75. The Labute approximate surface area is 257 Å². The van der Waals surface area contributed by atoms with Crippen LogP contribution in [0.15, 0.2) is 82.3 Å². The Morgan fingerprint density at radius 2 is 1.88 bits per heavy atom. The standard InChI is InChI=1S/C33H32BrN3O4S/c1-33(2,3)23-11-15-27-29(18-23)42-32(30(27)31(38)36-25-7-5-4-6-8-25)35-19-22-17-24(34)12-16-28(22)41-20-21-9-13-26(14-10-21)37(39)40/h4-10,12-14,16-17,19,23H,11,15,18,20H2,1-3H3,(H,36,38)/t23-/m1/s1. The zero-order valence-corrected chi connectivity index (χ0v) is 26.1. The van der Waals surface area contributed by atoms with Gasteiger partial charge in [0.25, 0.3) is 11.6 Å². The molecule has 0 bridgehead atoms. The molecule has 7 nitrogen and oxygen atoms in total. The first kappa shape index (κ1) is 29.7. The van der Waals surface area contributed by atoms with E-state index in [0.717, 1.165) is 46.1 Å². The predicted octanol–water partition coefficient (Wildman–Crippen LogP) is 9.15. The van der Waals surface area contributed by atoms with Gasteiger partial charge in [-0.25, -0.2) is 4.99 Å². The minimum atomic E-state index is -0.423. The van der Waals surface area contributed by atoms with Crippen molar-refractivity contribution in [2.75, 3.05) is 5.32 Å². The van der Waals surface area contributed by atoms with Crippen LogP contribution in [0.4, 0.5) is 16.4 Å². The van der Waals surface area contributed by atoms with Crippen molar-refractivity contribution in [3.05, 3.63) is 115 Å². The van der Waals surface area contributed by atoms with Gasteiger partial charge in [0, 0.05) is 38.9 Å². The highest BCUT2D eigenvalue weighted by Crippen LogP contribution is 2.45. The summed E-state index contributed by atoms with van der Waals surface area (Å²) in [7, 11) is 0. The quantitative estimate of drug-likeness (QED) is 0.117. The van der Waals surface area contributed by atoms with E-state index in [1.54, 1.807) is 29.7 Å². The number of carbonyl (C=O) groups is 1. The second-order valence-electron chi connectivity index (χ2n) is 11.5. The largest absolute Gasteiger partial charge is 0.488 e. The van der Waals surface area contributed by atoms with E-state index in [4.69, 9.17) is 9.73 Å². The number of carbonyl (C=O) groups excluding carboxylic acids is 1. The number of benzene rings is 3. The second-order valence-corrected chi connectivity index (χ2v) is 13.5. The van der Waals surface area contributed by atoms with Crippen molar-refractivity contribution in [1.29, 1.82) is 0 Å². The monoisotopic (exact) mass is 645 g/mol. The highest BCUT2D eigenvalue weighted by atomic mass is 79.9. The van der Waals surface area contributed by atoms with Crippen LogP contribution in [0, 0.1) is 21.4 Å². The third-order valence-electron chi connectivity index (χ3n) is 7.56. The number of hydrogen-bond acceptors (Lipinski definition) is 6. The lowest BCUT2D eigenvalue weighted by Gasteiger charge is -2.33. The second kappa shape index (κ2) is 12.6. The molecule has 1 aliphatic rings. The number of nitro benzene ring substituents is 1. The van der Waals surface area contributed by atoms with Crippen molar-refractivity contribution in [3.63, 3.8) is 0 Å². The molecule has 0 fully saturated rings. The van der Waals surface area contributed by atoms with Gasteiger partial charge in [-0.3, -0.25) is 14.9 Å².